The van der Waals surface area contributed by atoms with Crippen LogP contribution in [0.3, 0.4) is 0 Å². The first-order valence-corrected chi connectivity index (χ1v) is 6.48. The van der Waals surface area contributed by atoms with E-state index >= 15 is 0 Å². The van der Waals surface area contributed by atoms with E-state index in [-0.39, 0.29) is 11.9 Å². The van der Waals surface area contributed by atoms with E-state index in [9.17, 15) is 4.39 Å². The summed E-state index contributed by atoms with van der Waals surface area (Å²) in [4.78, 5) is 0. The Balaban J connectivity index is 1.76. The van der Waals surface area contributed by atoms with Crippen LogP contribution in [0.15, 0.2) is 42.5 Å². The second-order valence-corrected chi connectivity index (χ2v) is 4.88. The van der Waals surface area contributed by atoms with Gasteiger partial charge in [-0.15, -0.1) is 0 Å². The number of ether oxygens (including phenoxy) is 1. The fraction of sp³-hybridized carbons (Fsp3) is 0.250. The van der Waals surface area contributed by atoms with E-state index in [4.69, 9.17) is 10.5 Å². The highest BCUT2D eigenvalue weighted by atomic mass is 19.1. The first kappa shape index (κ1) is 12.2. The Morgan fingerprint density at radius 3 is 2.74 bits per heavy atom. The van der Waals surface area contributed by atoms with Crippen molar-refractivity contribution in [3.63, 3.8) is 0 Å². The van der Waals surface area contributed by atoms with Crippen LogP contribution in [-0.4, -0.2) is 0 Å². The molecule has 0 spiro atoms. The highest BCUT2D eigenvalue weighted by Gasteiger charge is 2.21. The molecule has 2 N–H and O–H groups in total. The SMILES string of the molecule is NC1CCc2c(OCc3ccc(F)cc3)cccc21. The molecule has 0 fully saturated rings. The smallest absolute Gasteiger partial charge is 0.123 e. The summed E-state index contributed by atoms with van der Waals surface area (Å²) >= 11 is 0. The zero-order chi connectivity index (χ0) is 13.2. The van der Waals surface area contributed by atoms with Gasteiger partial charge in [-0.2, -0.15) is 0 Å². The summed E-state index contributed by atoms with van der Waals surface area (Å²) < 4.78 is 18.7. The van der Waals surface area contributed by atoms with Crippen molar-refractivity contribution < 1.29 is 9.13 Å². The number of benzene rings is 2. The van der Waals surface area contributed by atoms with E-state index in [1.807, 2.05) is 12.1 Å². The maximum atomic E-state index is 12.8. The lowest BCUT2D eigenvalue weighted by molar-refractivity contribution is 0.303. The molecular weight excluding hydrogens is 241 g/mol. The molecule has 0 heterocycles. The minimum Gasteiger partial charge on any atom is -0.489 e. The number of rotatable bonds is 3. The Morgan fingerprint density at radius 2 is 1.95 bits per heavy atom. The molecule has 0 aliphatic heterocycles. The van der Waals surface area contributed by atoms with Gasteiger partial charge < -0.3 is 10.5 Å². The Kier molecular flexibility index (Phi) is 3.22. The predicted molar refractivity (Wildman–Crippen MR) is 72.4 cm³/mol. The molecule has 0 saturated heterocycles. The minimum atomic E-state index is -0.227. The van der Waals surface area contributed by atoms with Crippen LogP contribution in [0.5, 0.6) is 5.75 Å². The van der Waals surface area contributed by atoms with Crippen molar-refractivity contribution >= 4 is 0 Å². The fourth-order valence-corrected chi connectivity index (χ4v) is 2.53. The summed E-state index contributed by atoms with van der Waals surface area (Å²) in [6, 6.07) is 12.5. The first-order valence-electron chi connectivity index (χ1n) is 6.48. The van der Waals surface area contributed by atoms with Gasteiger partial charge in [0, 0.05) is 6.04 Å². The molecule has 0 bridgehead atoms. The van der Waals surface area contributed by atoms with Gasteiger partial charge in [-0.1, -0.05) is 24.3 Å². The van der Waals surface area contributed by atoms with Crippen molar-refractivity contribution in [3.8, 4) is 5.75 Å². The van der Waals surface area contributed by atoms with E-state index in [1.165, 1.54) is 23.3 Å². The van der Waals surface area contributed by atoms with Crippen LogP contribution in [-0.2, 0) is 13.0 Å². The Hall–Kier alpha value is -1.87. The second kappa shape index (κ2) is 5.02. The van der Waals surface area contributed by atoms with Gasteiger partial charge in [-0.05, 0) is 47.7 Å². The molecule has 0 radical (unpaired) electrons. The third kappa shape index (κ3) is 2.47. The fourth-order valence-electron chi connectivity index (χ4n) is 2.53. The zero-order valence-electron chi connectivity index (χ0n) is 10.6. The van der Waals surface area contributed by atoms with Gasteiger partial charge in [0.2, 0.25) is 0 Å². The van der Waals surface area contributed by atoms with E-state index in [0.717, 1.165) is 24.2 Å². The summed E-state index contributed by atoms with van der Waals surface area (Å²) in [5.74, 6) is 0.671. The van der Waals surface area contributed by atoms with E-state index in [2.05, 4.69) is 6.07 Å². The van der Waals surface area contributed by atoms with Crippen LogP contribution in [0, 0.1) is 5.82 Å². The number of fused-ring (bicyclic) bond motifs is 1. The van der Waals surface area contributed by atoms with Gasteiger partial charge in [0.05, 0.1) is 0 Å². The molecule has 1 unspecified atom stereocenters. The van der Waals surface area contributed by atoms with Crippen molar-refractivity contribution in [2.45, 2.75) is 25.5 Å². The Morgan fingerprint density at radius 1 is 1.16 bits per heavy atom. The Labute approximate surface area is 112 Å². The number of halogens is 1. The van der Waals surface area contributed by atoms with Gasteiger partial charge >= 0.3 is 0 Å². The molecule has 98 valence electrons. The van der Waals surface area contributed by atoms with Crippen molar-refractivity contribution in [3.05, 3.63) is 65.0 Å². The summed E-state index contributed by atoms with van der Waals surface area (Å²) in [6.45, 7) is 0.450. The highest BCUT2D eigenvalue weighted by Crippen LogP contribution is 2.35. The summed E-state index contributed by atoms with van der Waals surface area (Å²) in [5, 5.41) is 0. The maximum Gasteiger partial charge on any atom is 0.123 e. The summed E-state index contributed by atoms with van der Waals surface area (Å²) in [5.41, 5.74) is 9.41. The van der Waals surface area contributed by atoms with Gasteiger partial charge in [0.15, 0.2) is 0 Å². The lowest BCUT2D eigenvalue weighted by Crippen LogP contribution is -2.05. The monoisotopic (exact) mass is 257 g/mol. The molecule has 3 rings (SSSR count). The lowest BCUT2D eigenvalue weighted by atomic mass is 10.1. The van der Waals surface area contributed by atoms with Crippen LogP contribution >= 0.6 is 0 Å². The first-order chi connectivity index (χ1) is 9.24. The molecule has 1 aliphatic rings. The van der Waals surface area contributed by atoms with Crippen LogP contribution in [0.25, 0.3) is 0 Å². The van der Waals surface area contributed by atoms with Gasteiger partial charge in [-0.3, -0.25) is 0 Å². The quantitative estimate of drug-likeness (QED) is 0.915. The lowest BCUT2D eigenvalue weighted by Gasteiger charge is -2.11. The van der Waals surface area contributed by atoms with Gasteiger partial charge in [0.25, 0.3) is 0 Å². The molecule has 1 atom stereocenters. The molecule has 19 heavy (non-hydrogen) atoms. The number of hydrogen-bond donors (Lipinski definition) is 1. The second-order valence-electron chi connectivity index (χ2n) is 4.88. The third-order valence-electron chi connectivity index (χ3n) is 3.58. The molecule has 1 aliphatic carbocycles. The average molecular weight is 257 g/mol. The number of nitrogens with two attached hydrogens (primary N) is 1. The van der Waals surface area contributed by atoms with Gasteiger partial charge in [0.1, 0.15) is 18.2 Å². The van der Waals surface area contributed by atoms with Crippen molar-refractivity contribution in [1.82, 2.24) is 0 Å². The van der Waals surface area contributed by atoms with Crippen LogP contribution in [0.2, 0.25) is 0 Å². The van der Waals surface area contributed by atoms with Crippen molar-refractivity contribution in [2.75, 3.05) is 0 Å². The zero-order valence-corrected chi connectivity index (χ0v) is 10.6. The maximum absolute atomic E-state index is 12.8. The standard InChI is InChI=1S/C16H16FNO/c17-12-6-4-11(5-7-12)10-19-16-3-1-2-13-14(16)8-9-15(13)18/h1-7,15H,8-10,18H2. The van der Waals surface area contributed by atoms with Crippen LogP contribution in [0.1, 0.15) is 29.2 Å². The highest BCUT2D eigenvalue weighted by molar-refractivity contribution is 5.45. The molecule has 0 amide bonds. The molecule has 2 nitrogen and oxygen atoms in total. The van der Waals surface area contributed by atoms with Crippen molar-refractivity contribution in [1.29, 1.82) is 0 Å². The minimum absolute atomic E-state index is 0.129. The summed E-state index contributed by atoms with van der Waals surface area (Å²) in [6.07, 6.45) is 1.95. The normalized spacial score (nSPS) is 17.3. The molecule has 0 aromatic heterocycles. The number of hydrogen-bond acceptors (Lipinski definition) is 2. The Bertz CT molecular complexity index is 580. The molecule has 2 aromatic carbocycles. The third-order valence-corrected chi connectivity index (χ3v) is 3.58. The molecular formula is C16H16FNO. The predicted octanol–water partition coefficient (Wildman–Crippen LogP) is 3.35. The topological polar surface area (TPSA) is 35.2 Å². The molecule has 0 saturated carbocycles. The largest absolute Gasteiger partial charge is 0.489 e. The van der Waals surface area contributed by atoms with Crippen molar-refractivity contribution in [2.24, 2.45) is 5.73 Å². The van der Waals surface area contributed by atoms with E-state index in [0.29, 0.717) is 6.61 Å². The van der Waals surface area contributed by atoms with Gasteiger partial charge in [-0.25, -0.2) is 4.39 Å². The molecule has 3 heteroatoms. The van der Waals surface area contributed by atoms with E-state index < -0.39 is 0 Å². The van der Waals surface area contributed by atoms with E-state index in [1.54, 1.807) is 12.1 Å². The van der Waals surface area contributed by atoms with Crippen LogP contribution in [0.4, 0.5) is 4.39 Å². The summed E-state index contributed by atoms with van der Waals surface area (Å²) in [7, 11) is 0. The van der Waals surface area contributed by atoms with Crippen LogP contribution < -0.4 is 10.5 Å². The molecule has 2 aromatic rings. The average Bonchev–Trinajstić information content (AvgIpc) is 2.81.